The third kappa shape index (κ3) is 4.33. The van der Waals surface area contributed by atoms with Crippen molar-refractivity contribution in [3.05, 3.63) is 35.9 Å². The van der Waals surface area contributed by atoms with Gasteiger partial charge in [0.15, 0.2) is 11.9 Å². The van der Waals surface area contributed by atoms with Gasteiger partial charge in [-0.2, -0.15) is 0 Å². The average molecular weight is 436 g/mol. The molecule has 4 rings (SSSR count). The van der Waals surface area contributed by atoms with Gasteiger partial charge in [-0.05, 0) is 12.8 Å². The fourth-order valence-corrected chi connectivity index (χ4v) is 4.67. The SMILES string of the molecule is CC(=O)O[C@H](C(=O)O[C@H]1[C@H](O)[C@@H](O)[C@H](O)[C@@H]2OC3(CCCCC3)O[C@H]12)c1ccccc1. The van der Waals surface area contributed by atoms with Gasteiger partial charge in [-0.3, -0.25) is 4.79 Å². The van der Waals surface area contributed by atoms with Crippen LogP contribution in [0.5, 0.6) is 0 Å². The second-order valence-corrected chi connectivity index (χ2v) is 8.41. The van der Waals surface area contributed by atoms with Gasteiger partial charge in [-0.15, -0.1) is 0 Å². The normalized spacial score (nSPS) is 35.2. The van der Waals surface area contributed by atoms with Crippen LogP contribution in [0.1, 0.15) is 50.7 Å². The third-order valence-corrected chi connectivity index (χ3v) is 6.19. The van der Waals surface area contributed by atoms with Crippen LogP contribution in [0.4, 0.5) is 0 Å². The molecule has 170 valence electrons. The molecule has 0 bridgehead atoms. The van der Waals surface area contributed by atoms with E-state index in [1.54, 1.807) is 30.3 Å². The van der Waals surface area contributed by atoms with Gasteiger partial charge in [0.2, 0.25) is 6.10 Å². The minimum atomic E-state index is -1.60. The van der Waals surface area contributed by atoms with E-state index >= 15 is 0 Å². The van der Waals surface area contributed by atoms with E-state index in [2.05, 4.69) is 0 Å². The zero-order chi connectivity index (χ0) is 22.2. The zero-order valence-corrected chi connectivity index (χ0v) is 17.3. The molecule has 0 aromatic heterocycles. The summed E-state index contributed by atoms with van der Waals surface area (Å²) in [5.74, 6) is -2.52. The molecule has 1 aliphatic heterocycles. The molecule has 0 amide bonds. The summed E-state index contributed by atoms with van der Waals surface area (Å²) in [6.45, 7) is 1.18. The van der Waals surface area contributed by atoms with Gasteiger partial charge < -0.3 is 34.3 Å². The minimum Gasteiger partial charge on any atom is -0.454 e. The van der Waals surface area contributed by atoms with Crippen molar-refractivity contribution in [1.29, 1.82) is 0 Å². The number of hydrogen-bond donors (Lipinski definition) is 3. The van der Waals surface area contributed by atoms with Gasteiger partial charge in [0, 0.05) is 25.3 Å². The third-order valence-electron chi connectivity index (χ3n) is 6.19. The van der Waals surface area contributed by atoms with Gasteiger partial charge in [-0.25, -0.2) is 4.79 Å². The Labute approximate surface area is 179 Å². The van der Waals surface area contributed by atoms with Crippen LogP contribution in [-0.2, 0) is 28.5 Å². The van der Waals surface area contributed by atoms with Crippen LogP contribution >= 0.6 is 0 Å². The molecule has 31 heavy (non-hydrogen) atoms. The van der Waals surface area contributed by atoms with Crippen molar-refractivity contribution in [2.75, 3.05) is 0 Å². The molecule has 1 heterocycles. The van der Waals surface area contributed by atoms with Crippen molar-refractivity contribution in [2.24, 2.45) is 0 Å². The number of carbonyl (C=O) groups is 2. The molecule has 1 aromatic rings. The van der Waals surface area contributed by atoms with Crippen LogP contribution in [0.3, 0.4) is 0 Å². The highest BCUT2D eigenvalue weighted by Crippen LogP contribution is 2.45. The summed E-state index contributed by atoms with van der Waals surface area (Å²) in [4.78, 5) is 24.6. The van der Waals surface area contributed by atoms with E-state index in [1.807, 2.05) is 0 Å². The summed E-state index contributed by atoms with van der Waals surface area (Å²) in [7, 11) is 0. The van der Waals surface area contributed by atoms with Crippen LogP contribution in [0.2, 0.25) is 0 Å². The highest BCUT2D eigenvalue weighted by atomic mass is 16.8. The quantitative estimate of drug-likeness (QED) is 0.585. The Morgan fingerprint density at radius 1 is 0.968 bits per heavy atom. The van der Waals surface area contributed by atoms with Crippen LogP contribution in [0, 0.1) is 0 Å². The first kappa shape index (κ1) is 22.2. The molecule has 3 aliphatic rings. The van der Waals surface area contributed by atoms with Crippen molar-refractivity contribution >= 4 is 11.9 Å². The van der Waals surface area contributed by atoms with E-state index in [0.717, 1.165) is 19.3 Å². The number of fused-ring (bicyclic) bond motifs is 1. The Hall–Kier alpha value is -2.04. The largest absolute Gasteiger partial charge is 0.454 e. The Morgan fingerprint density at radius 2 is 1.61 bits per heavy atom. The molecule has 1 aromatic carbocycles. The van der Waals surface area contributed by atoms with Gasteiger partial charge in [0.1, 0.15) is 30.5 Å². The highest BCUT2D eigenvalue weighted by molar-refractivity contribution is 5.80. The summed E-state index contributed by atoms with van der Waals surface area (Å²) in [6, 6.07) is 8.34. The van der Waals surface area contributed by atoms with Gasteiger partial charge in [0.25, 0.3) is 0 Å². The average Bonchev–Trinajstić information content (AvgIpc) is 3.13. The van der Waals surface area contributed by atoms with Crippen molar-refractivity contribution in [3.63, 3.8) is 0 Å². The summed E-state index contributed by atoms with van der Waals surface area (Å²) in [5, 5.41) is 31.4. The van der Waals surface area contributed by atoms with E-state index in [4.69, 9.17) is 18.9 Å². The molecule has 7 atom stereocenters. The molecule has 0 unspecified atom stereocenters. The van der Waals surface area contributed by atoms with Crippen molar-refractivity contribution in [2.45, 2.75) is 87.5 Å². The zero-order valence-electron chi connectivity index (χ0n) is 17.3. The molecule has 3 N–H and O–H groups in total. The van der Waals surface area contributed by atoms with Crippen LogP contribution in [-0.4, -0.2) is 69.7 Å². The lowest BCUT2D eigenvalue weighted by atomic mass is 9.85. The lowest BCUT2D eigenvalue weighted by molar-refractivity contribution is -0.218. The Balaban J connectivity index is 1.57. The van der Waals surface area contributed by atoms with Gasteiger partial charge >= 0.3 is 11.9 Å². The van der Waals surface area contributed by atoms with Crippen LogP contribution in [0.15, 0.2) is 30.3 Å². The van der Waals surface area contributed by atoms with Crippen LogP contribution in [0.25, 0.3) is 0 Å². The molecule has 9 nitrogen and oxygen atoms in total. The minimum absolute atomic E-state index is 0.400. The monoisotopic (exact) mass is 436 g/mol. The number of benzene rings is 1. The molecule has 0 radical (unpaired) electrons. The Morgan fingerprint density at radius 3 is 2.26 bits per heavy atom. The number of ether oxygens (including phenoxy) is 4. The van der Waals surface area contributed by atoms with Gasteiger partial charge in [0.05, 0.1) is 0 Å². The second kappa shape index (κ2) is 8.84. The maximum Gasteiger partial charge on any atom is 0.352 e. The fourth-order valence-electron chi connectivity index (χ4n) is 4.67. The van der Waals surface area contributed by atoms with E-state index in [1.165, 1.54) is 6.92 Å². The fraction of sp³-hybridized carbons (Fsp3) is 0.636. The smallest absolute Gasteiger partial charge is 0.352 e. The maximum atomic E-state index is 13.0. The molecule has 2 aliphatic carbocycles. The predicted molar refractivity (Wildman–Crippen MR) is 104 cm³/mol. The lowest BCUT2D eigenvalue weighted by Crippen LogP contribution is -2.63. The first-order valence-corrected chi connectivity index (χ1v) is 10.6. The number of hydrogen-bond acceptors (Lipinski definition) is 9. The van der Waals surface area contributed by atoms with Crippen LogP contribution < -0.4 is 0 Å². The number of aliphatic hydroxyl groups is 3. The number of rotatable bonds is 4. The van der Waals surface area contributed by atoms with Gasteiger partial charge in [-0.1, -0.05) is 36.8 Å². The Bertz CT molecular complexity index is 791. The van der Waals surface area contributed by atoms with Crippen molar-refractivity contribution < 1.29 is 43.9 Å². The van der Waals surface area contributed by atoms with E-state index in [-0.39, 0.29) is 0 Å². The molecular formula is C22H28O9. The predicted octanol–water partition coefficient (Wildman–Crippen LogP) is 0.743. The summed E-state index contributed by atoms with van der Waals surface area (Å²) in [6.07, 6.45) is -5.14. The second-order valence-electron chi connectivity index (χ2n) is 8.41. The first-order valence-electron chi connectivity index (χ1n) is 10.6. The molecule has 1 spiro atoms. The lowest BCUT2D eigenvalue weighted by Gasteiger charge is -2.40. The summed E-state index contributed by atoms with van der Waals surface area (Å²) in [5.41, 5.74) is 0.400. The topological polar surface area (TPSA) is 132 Å². The molecular weight excluding hydrogens is 408 g/mol. The standard InChI is InChI=1S/C22H28O9/c1-12(23)28-17(13-8-4-2-5-9-13)21(27)29-18-15(25)14(24)16(26)19-20(18)31-22(30-19)10-6-3-7-11-22/h2,4-5,8-9,14-20,24-26H,3,6-7,10-11H2,1H3/t14-,15-,16+,17+,18+,19+,20-/m1/s1. The number of aliphatic hydroxyl groups excluding tert-OH is 3. The number of esters is 2. The number of carbonyl (C=O) groups excluding carboxylic acids is 2. The van der Waals surface area contributed by atoms with E-state index in [0.29, 0.717) is 18.4 Å². The van der Waals surface area contributed by atoms with Crippen molar-refractivity contribution in [1.82, 2.24) is 0 Å². The van der Waals surface area contributed by atoms with E-state index in [9.17, 15) is 24.9 Å². The molecule has 3 fully saturated rings. The van der Waals surface area contributed by atoms with E-state index < -0.39 is 60.5 Å². The maximum absolute atomic E-state index is 13.0. The first-order chi connectivity index (χ1) is 14.8. The molecule has 2 saturated carbocycles. The summed E-state index contributed by atoms with van der Waals surface area (Å²) < 4.78 is 22.9. The molecule has 1 saturated heterocycles. The summed E-state index contributed by atoms with van der Waals surface area (Å²) >= 11 is 0. The van der Waals surface area contributed by atoms with Crippen molar-refractivity contribution in [3.8, 4) is 0 Å². The Kier molecular flexibility index (Phi) is 6.32. The highest BCUT2D eigenvalue weighted by Gasteiger charge is 2.61. The molecule has 9 heteroatoms.